The zero-order chi connectivity index (χ0) is 35.9. The van der Waals surface area contributed by atoms with Crippen molar-refractivity contribution in [2.75, 3.05) is 0 Å². The second-order valence-corrected chi connectivity index (χ2v) is 10.4. The fourth-order valence-corrected chi connectivity index (χ4v) is 4.31. The monoisotopic (exact) mass is 690 g/mol. The molecule has 0 aromatic carbocycles. The Morgan fingerprint density at radius 1 is 0.625 bits per heavy atom. The van der Waals surface area contributed by atoms with Crippen molar-refractivity contribution in [1.29, 1.82) is 10.5 Å². The van der Waals surface area contributed by atoms with Crippen LogP contribution in [0.25, 0.3) is 24.3 Å². The molecule has 12 nitrogen and oxygen atoms in total. The smallest absolute Gasteiger partial charge is 0.346 e. The van der Waals surface area contributed by atoms with Gasteiger partial charge in [-0.3, -0.25) is 0 Å². The lowest BCUT2D eigenvalue weighted by molar-refractivity contribution is -0.133. The largest absolute Gasteiger partial charge is 0.478 e. The number of hydrogen-bond donors (Lipinski definition) is 4. The number of furan rings is 2. The third-order valence-corrected chi connectivity index (χ3v) is 6.89. The van der Waals surface area contributed by atoms with Crippen LogP contribution in [0.4, 0.5) is 0 Å². The second-order valence-electron chi connectivity index (χ2n) is 8.83. The third-order valence-electron chi connectivity index (χ3n) is 5.49. The molecule has 4 heterocycles. The number of nitrogens with zero attached hydrogens (tertiary/aromatic N) is 2. The molecule has 0 spiro atoms. The summed E-state index contributed by atoms with van der Waals surface area (Å²) in [6.45, 7) is 3.65. The van der Waals surface area contributed by atoms with Crippen LogP contribution in [0.1, 0.15) is 48.9 Å². The van der Waals surface area contributed by atoms with Crippen molar-refractivity contribution in [2.45, 2.75) is 26.7 Å². The van der Waals surface area contributed by atoms with Crippen molar-refractivity contribution in [3.05, 3.63) is 115 Å². The highest BCUT2D eigenvalue weighted by molar-refractivity contribution is 7.08. The van der Waals surface area contributed by atoms with Gasteiger partial charge < -0.3 is 29.3 Å². The van der Waals surface area contributed by atoms with Gasteiger partial charge in [0.05, 0.1) is 25.1 Å². The number of nitriles is 2. The van der Waals surface area contributed by atoms with E-state index >= 15 is 0 Å². The van der Waals surface area contributed by atoms with Crippen molar-refractivity contribution in [1.82, 2.24) is 0 Å². The Hall–Kier alpha value is -6.22. The summed E-state index contributed by atoms with van der Waals surface area (Å²) >= 11 is 3.02. The first-order valence-corrected chi connectivity index (χ1v) is 15.5. The summed E-state index contributed by atoms with van der Waals surface area (Å²) in [5.74, 6) is -4.13. The van der Waals surface area contributed by atoms with Crippen LogP contribution in [0.2, 0.25) is 0 Å². The van der Waals surface area contributed by atoms with Crippen molar-refractivity contribution in [3.63, 3.8) is 0 Å². The van der Waals surface area contributed by atoms with E-state index in [2.05, 4.69) is 0 Å². The lowest BCUT2D eigenvalue weighted by Gasteiger charge is -1.94. The topological polar surface area (TPSA) is 223 Å². The fraction of sp³-hybridized carbons (Fsp3) is 0.118. The molecular formula is C34H30N2O10S2. The van der Waals surface area contributed by atoms with Crippen LogP contribution in [0.5, 0.6) is 0 Å². The van der Waals surface area contributed by atoms with Crippen LogP contribution in [0, 0.1) is 22.7 Å². The maximum atomic E-state index is 10.6. The van der Waals surface area contributed by atoms with E-state index in [1.807, 2.05) is 29.1 Å². The summed E-state index contributed by atoms with van der Waals surface area (Å²) in [5, 5.41) is 58.5. The Morgan fingerprint density at radius 2 is 1.00 bits per heavy atom. The summed E-state index contributed by atoms with van der Waals surface area (Å²) in [4.78, 5) is 41.9. The van der Waals surface area contributed by atoms with Crippen molar-refractivity contribution in [3.8, 4) is 12.1 Å². The standard InChI is InChI=1S/C9H10O3.C9H10O2S.C8H5NO3.C8H5NO2S/c2*1-2-8(9(10)11)5-7-3-4-12-6-7;2*9-4-7(8(10)11)3-6-1-2-12-5-6/h2*3-6H,2H2,1H3,(H,10,11);2*1-3,5H,(H,10,11)/b2*8-5+;2*7-3+. The SMILES string of the molecule is CC/C(=C\c1ccoc1)C(=O)O.CC/C(=C\c1ccsc1)C(=O)O.N#C/C(=C\c1ccoc1)C(=O)O.N#C/C(=C\c1ccsc1)C(=O)O. The summed E-state index contributed by atoms with van der Waals surface area (Å²) in [6, 6.07) is 10.1. The van der Waals surface area contributed by atoms with E-state index in [1.165, 1.54) is 48.5 Å². The molecule has 0 aliphatic heterocycles. The number of thiophene rings is 2. The lowest BCUT2D eigenvalue weighted by atomic mass is 10.1. The first-order chi connectivity index (χ1) is 22.9. The highest BCUT2D eigenvalue weighted by Crippen LogP contribution is 2.13. The number of aliphatic carboxylic acids is 4. The van der Waals surface area contributed by atoms with Crippen molar-refractivity contribution < 1.29 is 48.4 Å². The molecule has 0 aliphatic carbocycles. The van der Waals surface area contributed by atoms with Crippen LogP contribution in [-0.4, -0.2) is 44.3 Å². The highest BCUT2D eigenvalue weighted by atomic mass is 32.1. The molecule has 0 radical (unpaired) electrons. The number of hydrogen-bond acceptors (Lipinski definition) is 10. The molecule has 0 amide bonds. The van der Waals surface area contributed by atoms with Gasteiger partial charge in [-0.15, -0.1) is 0 Å². The molecule has 4 rings (SSSR count). The van der Waals surface area contributed by atoms with Crippen molar-refractivity contribution in [2.24, 2.45) is 0 Å². The molecule has 0 aliphatic rings. The average molecular weight is 691 g/mol. The van der Waals surface area contributed by atoms with Gasteiger partial charge in [0.2, 0.25) is 0 Å². The molecule has 4 aromatic heterocycles. The van der Waals surface area contributed by atoms with Gasteiger partial charge in [-0.1, -0.05) is 13.8 Å². The normalized spacial score (nSPS) is 11.2. The number of carboxylic acid groups (broad SMARTS) is 4. The first-order valence-electron chi connectivity index (χ1n) is 13.6. The van der Waals surface area contributed by atoms with Crippen molar-refractivity contribution >= 4 is 70.9 Å². The van der Waals surface area contributed by atoms with Gasteiger partial charge in [-0.25, -0.2) is 19.2 Å². The van der Waals surface area contributed by atoms with Gasteiger partial charge in [-0.05, 0) is 94.1 Å². The molecule has 0 bridgehead atoms. The zero-order valence-corrected chi connectivity index (χ0v) is 27.2. The Kier molecular flexibility index (Phi) is 18.5. The van der Waals surface area contributed by atoms with E-state index in [0.29, 0.717) is 29.6 Å². The van der Waals surface area contributed by atoms with Crippen LogP contribution in [-0.2, 0) is 19.2 Å². The molecule has 0 fully saturated rings. The maximum Gasteiger partial charge on any atom is 0.346 e. The molecule has 248 valence electrons. The van der Waals surface area contributed by atoms with Crippen LogP contribution in [0.15, 0.2) is 102 Å². The van der Waals surface area contributed by atoms with Gasteiger partial charge >= 0.3 is 23.9 Å². The molecule has 4 N–H and O–H groups in total. The Morgan fingerprint density at radius 3 is 1.29 bits per heavy atom. The fourth-order valence-electron chi connectivity index (χ4n) is 3.08. The summed E-state index contributed by atoms with van der Waals surface area (Å²) in [5.41, 5.74) is 3.36. The maximum absolute atomic E-state index is 10.6. The summed E-state index contributed by atoms with van der Waals surface area (Å²) < 4.78 is 9.49. The summed E-state index contributed by atoms with van der Waals surface area (Å²) in [6.07, 6.45) is 12.8. The minimum Gasteiger partial charge on any atom is -0.478 e. The minimum absolute atomic E-state index is 0.242. The van der Waals surface area contributed by atoms with Crippen LogP contribution < -0.4 is 0 Å². The quantitative estimate of drug-likeness (QED) is 0.0924. The highest BCUT2D eigenvalue weighted by Gasteiger charge is 2.07. The average Bonchev–Trinajstić information content (AvgIpc) is 3.90. The predicted molar refractivity (Wildman–Crippen MR) is 180 cm³/mol. The number of carboxylic acids is 4. The van der Waals surface area contributed by atoms with Gasteiger partial charge in [-0.2, -0.15) is 33.2 Å². The minimum atomic E-state index is -1.24. The molecule has 48 heavy (non-hydrogen) atoms. The Bertz CT molecular complexity index is 1660. The van der Waals surface area contributed by atoms with Gasteiger partial charge in [0.15, 0.2) is 0 Å². The zero-order valence-electron chi connectivity index (χ0n) is 25.6. The van der Waals surface area contributed by atoms with E-state index in [9.17, 15) is 19.2 Å². The Balaban J connectivity index is 0.000000320. The third kappa shape index (κ3) is 15.7. The van der Waals surface area contributed by atoms with Crippen LogP contribution in [0.3, 0.4) is 0 Å². The number of rotatable bonds is 10. The van der Waals surface area contributed by atoms with E-state index < -0.39 is 23.9 Å². The molecule has 0 saturated heterocycles. The molecule has 0 atom stereocenters. The van der Waals surface area contributed by atoms with E-state index in [-0.39, 0.29) is 11.1 Å². The van der Waals surface area contributed by atoms with Gasteiger partial charge in [0, 0.05) is 22.3 Å². The molecule has 4 aromatic rings. The van der Waals surface area contributed by atoms with Gasteiger partial charge in [0.1, 0.15) is 23.3 Å². The lowest BCUT2D eigenvalue weighted by Crippen LogP contribution is -1.98. The van der Waals surface area contributed by atoms with E-state index in [0.717, 1.165) is 16.7 Å². The molecule has 0 unspecified atom stereocenters. The first kappa shape index (κ1) is 39.8. The number of carbonyl (C=O) groups is 4. The predicted octanol–water partition coefficient (Wildman–Crippen LogP) is 7.79. The second kappa shape index (κ2) is 22.3. The van der Waals surface area contributed by atoms with Crippen LogP contribution >= 0.6 is 22.7 Å². The molecule has 14 heteroatoms. The molecular weight excluding hydrogens is 661 g/mol. The Labute approximate surface area is 283 Å². The summed E-state index contributed by atoms with van der Waals surface area (Å²) in [7, 11) is 0. The molecule has 0 saturated carbocycles. The van der Waals surface area contributed by atoms with E-state index in [1.54, 1.807) is 66.1 Å². The van der Waals surface area contributed by atoms with E-state index in [4.69, 9.17) is 39.8 Å². The van der Waals surface area contributed by atoms with Gasteiger partial charge in [0.25, 0.3) is 0 Å².